The molecule has 0 aliphatic rings. The summed E-state index contributed by atoms with van der Waals surface area (Å²) in [6.07, 6.45) is 0. The van der Waals surface area contributed by atoms with Gasteiger partial charge < -0.3 is 15.2 Å². The van der Waals surface area contributed by atoms with E-state index in [1.54, 1.807) is 0 Å². The molecule has 0 saturated carbocycles. The molecule has 3 nitrogen and oxygen atoms in total. The summed E-state index contributed by atoms with van der Waals surface area (Å²) in [5.74, 6) is 0.619. The summed E-state index contributed by atoms with van der Waals surface area (Å²) in [4.78, 5) is 0.296. The minimum atomic E-state index is 0.145. The van der Waals surface area contributed by atoms with Gasteiger partial charge in [0.25, 0.3) is 0 Å². The average Bonchev–Trinajstić information content (AvgIpc) is 2.45. The Labute approximate surface area is 131 Å². The van der Waals surface area contributed by atoms with Crippen LogP contribution < -0.4 is 10.5 Å². The summed E-state index contributed by atoms with van der Waals surface area (Å²) in [7, 11) is 0. The summed E-state index contributed by atoms with van der Waals surface area (Å²) in [6.45, 7) is 0.645. The number of hydrogen-bond donors (Lipinski definition) is 1. The molecule has 2 rings (SSSR count). The second-order valence-electron chi connectivity index (χ2n) is 4.10. The van der Waals surface area contributed by atoms with Crippen LogP contribution in [-0.2, 0) is 11.3 Å². The standard InChI is InChI=1S/C15H14BrNO2S/c16-12-6-7-14(13(8-12)15(17)20)19-10-18-9-11-4-2-1-3-5-11/h1-8H,9-10H2,(H2,17,20). The van der Waals surface area contributed by atoms with Crippen molar-refractivity contribution in [1.82, 2.24) is 0 Å². The quantitative estimate of drug-likeness (QED) is 0.490. The molecule has 0 aliphatic heterocycles. The largest absolute Gasteiger partial charge is 0.467 e. The predicted octanol–water partition coefficient (Wildman–Crippen LogP) is 3.64. The Morgan fingerprint density at radius 2 is 1.90 bits per heavy atom. The van der Waals surface area contributed by atoms with Gasteiger partial charge in [-0.15, -0.1) is 0 Å². The highest BCUT2D eigenvalue weighted by Gasteiger charge is 2.07. The van der Waals surface area contributed by atoms with Gasteiger partial charge in [0.05, 0.1) is 12.2 Å². The highest BCUT2D eigenvalue weighted by Crippen LogP contribution is 2.23. The van der Waals surface area contributed by atoms with Crippen molar-refractivity contribution in [3.63, 3.8) is 0 Å². The van der Waals surface area contributed by atoms with E-state index < -0.39 is 0 Å². The van der Waals surface area contributed by atoms with Crippen LogP contribution in [0.15, 0.2) is 53.0 Å². The molecule has 0 radical (unpaired) electrons. The van der Waals surface area contributed by atoms with Crippen LogP contribution in [0.5, 0.6) is 5.75 Å². The van der Waals surface area contributed by atoms with Crippen molar-refractivity contribution in [1.29, 1.82) is 0 Å². The molecule has 0 unspecified atom stereocenters. The lowest BCUT2D eigenvalue weighted by Crippen LogP contribution is -2.13. The zero-order chi connectivity index (χ0) is 14.4. The number of halogens is 1. The van der Waals surface area contributed by atoms with Crippen LogP contribution in [0, 0.1) is 0 Å². The Bertz CT molecular complexity index is 590. The van der Waals surface area contributed by atoms with Gasteiger partial charge in [-0.3, -0.25) is 0 Å². The molecule has 5 heteroatoms. The molecule has 2 aromatic rings. The van der Waals surface area contributed by atoms with Crippen molar-refractivity contribution in [2.75, 3.05) is 6.79 Å². The Kier molecular flexibility index (Phi) is 5.52. The minimum absolute atomic E-state index is 0.145. The minimum Gasteiger partial charge on any atom is -0.467 e. The summed E-state index contributed by atoms with van der Waals surface area (Å²) in [5.41, 5.74) is 7.46. The third-order valence-corrected chi connectivity index (χ3v) is 3.33. The molecule has 0 bridgehead atoms. The van der Waals surface area contributed by atoms with Crippen molar-refractivity contribution < 1.29 is 9.47 Å². The summed E-state index contributed by atoms with van der Waals surface area (Å²) in [5, 5.41) is 0. The van der Waals surface area contributed by atoms with Crippen LogP contribution in [0.4, 0.5) is 0 Å². The molecule has 2 N–H and O–H groups in total. The maximum Gasteiger partial charge on any atom is 0.189 e. The van der Waals surface area contributed by atoms with E-state index in [-0.39, 0.29) is 6.79 Å². The summed E-state index contributed by atoms with van der Waals surface area (Å²) >= 11 is 8.38. The zero-order valence-corrected chi connectivity index (χ0v) is 13.1. The van der Waals surface area contributed by atoms with E-state index in [1.807, 2.05) is 48.5 Å². The number of nitrogens with two attached hydrogens (primary N) is 1. The van der Waals surface area contributed by atoms with Gasteiger partial charge in [0.2, 0.25) is 0 Å². The van der Waals surface area contributed by atoms with Crippen molar-refractivity contribution >= 4 is 33.1 Å². The van der Waals surface area contributed by atoms with Crippen molar-refractivity contribution in [2.45, 2.75) is 6.61 Å². The van der Waals surface area contributed by atoms with E-state index >= 15 is 0 Å². The highest BCUT2D eigenvalue weighted by molar-refractivity contribution is 9.10. The molecule has 20 heavy (non-hydrogen) atoms. The maximum atomic E-state index is 5.67. The topological polar surface area (TPSA) is 44.5 Å². The second-order valence-corrected chi connectivity index (χ2v) is 5.46. The van der Waals surface area contributed by atoms with Gasteiger partial charge >= 0.3 is 0 Å². The van der Waals surface area contributed by atoms with E-state index in [2.05, 4.69) is 15.9 Å². The van der Waals surface area contributed by atoms with Crippen LogP contribution in [0.3, 0.4) is 0 Å². The maximum absolute atomic E-state index is 5.67. The first-order valence-corrected chi connectivity index (χ1v) is 7.21. The van der Waals surface area contributed by atoms with Crippen LogP contribution in [-0.4, -0.2) is 11.8 Å². The first-order chi connectivity index (χ1) is 9.66. The van der Waals surface area contributed by atoms with Gasteiger partial charge in [0, 0.05) is 4.47 Å². The van der Waals surface area contributed by atoms with Gasteiger partial charge in [-0.25, -0.2) is 0 Å². The van der Waals surface area contributed by atoms with Crippen LogP contribution >= 0.6 is 28.1 Å². The first kappa shape index (κ1) is 15.0. The molecular weight excluding hydrogens is 338 g/mol. The van der Waals surface area contributed by atoms with E-state index in [0.717, 1.165) is 10.0 Å². The number of rotatable bonds is 6. The lowest BCUT2D eigenvalue weighted by atomic mass is 10.2. The van der Waals surface area contributed by atoms with Gasteiger partial charge in [-0.05, 0) is 23.8 Å². The Morgan fingerprint density at radius 3 is 2.60 bits per heavy atom. The van der Waals surface area contributed by atoms with Crippen LogP contribution in [0.2, 0.25) is 0 Å². The number of ether oxygens (including phenoxy) is 2. The normalized spacial score (nSPS) is 10.2. The second kappa shape index (κ2) is 7.38. The third kappa shape index (κ3) is 4.30. The lowest BCUT2D eigenvalue weighted by Gasteiger charge is -2.11. The van der Waals surface area contributed by atoms with E-state index in [0.29, 0.717) is 22.9 Å². The van der Waals surface area contributed by atoms with E-state index in [9.17, 15) is 0 Å². The molecule has 0 aromatic heterocycles. The smallest absolute Gasteiger partial charge is 0.189 e. The van der Waals surface area contributed by atoms with E-state index in [1.165, 1.54) is 0 Å². The van der Waals surface area contributed by atoms with Crippen molar-refractivity contribution in [3.8, 4) is 5.75 Å². The Hall–Kier alpha value is -1.43. The number of benzene rings is 2. The Balaban J connectivity index is 1.90. The molecule has 0 heterocycles. The molecular formula is C15H14BrNO2S. The lowest BCUT2D eigenvalue weighted by molar-refractivity contribution is 0.00495. The molecule has 0 amide bonds. The summed E-state index contributed by atoms with van der Waals surface area (Å²) in [6, 6.07) is 15.4. The summed E-state index contributed by atoms with van der Waals surface area (Å²) < 4.78 is 11.9. The van der Waals surface area contributed by atoms with Gasteiger partial charge in [0.15, 0.2) is 6.79 Å². The molecule has 0 spiro atoms. The molecule has 0 atom stereocenters. The average molecular weight is 352 g/mol. The SMILES string of the molecule is NC(=S)c1cc(Br)ccc1OCOCc1ccccc1. The fourth-order valence-electron chi connectivity index (χ4n) is 1.66. The molecule has 0 aliphatic carbocycles. The third-order valence-electron chi connectivity index (χ3n) is 2.62. The van der Waals surface area contributed by atoms with Gasteiger partial charge in [0.1, 0.15) is 10.7 Å². The fourth-order valence-corrected chi connectivity index (χ4v) is 2.18. The molecule has 0 saturated heterocycles. The van der Waals surface area contributed by atoms with Gasteiger partial charge in [-0.1, -0.05) is 58.5 Å². The number of hydrogen-bond acceptors (Lipinski definition) is 3. The van der Waals surface area contributed by atoms with Crippen LogP contribution in [0.1, 0.15) is 11.1 Å². The van der Waals surface area contributed by atoms with Crippen molar-refractivity contribution in [3.05, 3.63) is 64.1 Å². The molecule has 104 valence electrons. The number of thiocarbonyl (C=S) groups is 1. The highest BCUT2D eigenvalue weighted by atomic mass is 79.9. The fraction of sp³-hybridized carbons (Fsp3) is 0.133. The zero-order valence-electron chi connectivity index (χ0n) is 10.7. The Morgan fingerprint density at radius 1 is 1.15 bits per heavy atom. The predicted molar refractivity (Wildman–Crippen MR) is 86.8 cm³/mol. The van der Waals surface area contributed by atoms with Crippen LogP contribution in [0.25, 0.3) is 0 Å². The van der Waals surface area contributed by atoms with Crippen molar-refractivity contribution in [2.24, 2.45) is 5.73 Å². The molecule has 0 fully saturated rings. The van der Waals surface area contributed by atoms with Gasteiger partial charge in [-0.2, -0.15) is 0 Å². The first-order valence-electron chi connectivity index (χ1n) is 6.00. The molecule has 2 aromatic carbocycles. The van der Waals surface area contributed by atoms with E-state index in [4.69, 9.17) is 27.4 Å². The monoisotopic (exact) mass is 351 g/mol.